The Kier molecular flexibility index (Phi) is 6.42. The molecule has 0 aromatic heterocycles. The maximum atomic E-state index is 13.1. The zero-order valence-corrected chi connectivity index (χ0v) is 17.6. The van der Waals surface area contributed by atoms with Crippen LogP contribution in [0.2, 0.25) is 10.0 Å². The van der Waals surface area contributed by atoms with E-state index in [1.165, 1.54) is 0 Å². The molecule has 2 aliphatic rings. The molecule has 0 spiro atoms. The van der Waals surface area contributed by atoms with E-state index in [2.05, 4.69) is 16.2 Å². The third kappa shape index (κ3) is 4.44. The molecule has 1 amide bonds. The van der Waals surface area contributed by atoms with Crippen LogP contribution in [0.5, 0.6) is 0 Å². The monoisotopic (exact) mass is 433 g/mol. The number of hydrazine groups is 1. The first-order valence-corrected chi connectivity index (χ1v) is 10.7. The first-order valence-electron chi connectivity index (χ1n) is 9.93. The Morgan fingerprint density at radius 3 is 2.62 bits per heavy atom. The number of hydrogen-bond donors (Lipinski definition) is 3. The van der Waals surface area contributed by atoms with E-state index in [-0.39, 0.29) is 23.3 Å². The number of hydrogen-bond acceptors (Lipinski definition) is 4. The van der Waals surface area contributed by atoms with Gasteiger partial charge in [0.05, 0.1) is 12.0 Å². The largest absolute Gasteiger partial charge is 0.381 e. The second kappa shape index (κ2) is 9.02. The van der Waals surface area contributed by atoms with Crippen LogP contribution in [0.4, 0.5) is 0 Å². The molecule has 154 valence electrons. The average Bonchev–Trinajstić information content (AvgIpc) is 3.23. The van der Waals surface area contributed by atoms with Crippen molar-refractivity contribution >= 4 is 29.1 Å². The molecule has 0 bridgehead atoms. The average molecular weight is 434 g/mol. The number of carbonyl (C=O) groups is 1. The van der Waals surface area contributed by atoms with Crippen LogP contribution in [0.1, 0.15) is 30.0 Å². The van der Waals surface area contributed by atoms with Crippen LogP contribution < -0.4 is 16.2 Å². The zero-order chi connectivity index (χ0) is 20.3. The standard InChI is InChI=1S/C22H25Cl2N3O2/c23-16-6-7-18(19(24)12-16)22(8-10-29-11-9-22)14-25-21(28)17-13-26-27-20(17)15-4-2-1-3-5-15/h1-7,12,17,20,26-27H,8-11,13-14H2,(H,25,28). The molecular weight excluding hydrogens is 409 g/mol. The van der Waals surface area contributed by atoms with Gasteiger partial charge in [0, 0.05) is 41.8 Å². The van der Waals surface area contributed by atoms with Crippen LogP contribution in [0, 0.1) is 5.92 Å². The van der Waals surface area contributed by atoms with Crippen molar-refractivity contribution in [2.45, 2.75) is 24.3 Å². The van der Waals surface area contributed by atoms with E-state index in [9.17, 15) is 4.79 Å². The molecule has 0 aliphatic carbocycles. The molecule has 5 nitrogen and oxygen atoms in total. The predicted molar refractivity (Wildman–Crippen MR) is 115 cm³/mol. The van der Waals surface area contributed by atoms with Crippen molar-refractivity contribution in [1.82, 2.24) is 16.2 Å². The maximum absolute atomic E-state index is 13.1. The summed E-state index contributed by atoms with van der Waals surface area (Å²) in [4.78, 5) is 13.1. The highest BCUT2D eigenvalue weighted by atomic mass is 35.5. The summed E-state index contributed by atoms with van der Waals surface area (Å²) in [6.07, 6.45) is 1.61. The lowest BCUT2D eigenvalue weighted by atomic mass is 9.74. The summed E-state index contributed by atoms with van der Waals surface area (Å²) in [5.74, 6) is -0.151. The number of halogens is 2. The van der Waals surface area contributed by atoms with Crippen molar-refractivity contribution in [2.24, 2.45) is 5.92 Å². The van der Waals surface area contributed by atoms with Crippen LogP contribution in [0.3, 0.4) is 0 Å². The van der Waals surface area contributed by atoms with Gasteiger partial charge in [-0.05, 0) is 36.1 Å². The molecule has 2 aromatic rings. The van der Waals surface area contributed by atoms with Crippen LogP contribution in [-0.2, 0) is 14.9 Å². The van der Waals surface area contributed by atoms with Gasteiger partial charge < -0.3 is 10.1 Å². The molecule has 7 heteroatoms. The van der Waals surface area contributed by atoms with E-state index in [1.807, 2.05) is 42.5 Å². The molecule has 3 N–H and O–H groups in total. The highest BCUT2D eigenvalue weighted by Crippen LogP contribution is 2.39. The third-order valence-electron chi connectivity index (χ3n) is 6.03. The van der Waals surface area contributed by atoms with Gasteiger partial charge in [0.15, 0.2) is 0 Å². The van der Waals surface area contributed by atoms with E-state index in [4.69, 9.17) is 27.9 Å². The van der Waals surface area contributed by atoms with Gasteiger partial charge >= 0.3 is 0 Å². The molecule has 2 fully saturated rings. The van der Waals surface area contributed by atoms with Crippen LogP contribution >= 0.6 is 23.2 Å². The molecule has 2 atom stereocenters. The fourth-order valence-electron chi connectivity index (χ4n) is 4.33. The van der Waals surface area contributed by atoms with E-state index in [0.717, 1.165) is 24.0 Å². The molecule has 29 heavy (non-hydrogen) atoms. The molecule has 0 radical (unpaired) electrons. The number of carbonyl (C=O) groups excluding carboxylic acids is 1. The Morgan fingerprint density at radius 1 is 1.14 bits per heavy atom. The molecule has 2 saturated heterocycles. The fourth-order valence-corrected chi connectivity index (χ4v) is 4.94. The Labute approximate surface area is 181 Å². The fraction of sp³-hybridized carbons (Fsp3) is 0.409. The normalized spacial score (nSPS) is 23.7. The van der Waals surface area contributed by atoms with E-state index < -0.39 is 0 Å². The van der Waals surface area contributed by atoms with Crippen molar-refractivity contribution in [2.75, 3.05) is 26.3 Å². The summed E-state index contributed by atoms with van der Waals surface area (Å²) in [6.45, 7) is 2.40. The van der Waals surface area contributed by atoms with Crippen LogP contribution in [0.25, 0.3) is 0 Å². The number of benzene rings is 2. The number of nitrogens with one attached hydrogen (secondary N) is 3. The lowest BCUT2D eigenvalue weighted by Crippen LogP contribution is -2.47. The van der Waals surface area contributed by atoms with Gasteiger partial charge in [-0.25, -0.2) is 5.43 Å². The molecule has 2 heterocycles. The topological polar surface area (TPSA) is 62.4 Å². The molecule has 2 aliphatic heterocycles. The lowest BCUT2D eigenvalue weighted by molar-refractivity contribution is -0.125. The van der Waals surface area contributed by atoms with Crippen molar-refractivity contribution in [3.8, 4) is 0 Å². The Morgan fingerprint density at radius 2 is 1.90 bits per heavy atom. The van der Waals surface area contributed by atoms with Gasteiger partial charge in [0.25, 0.3) is 0 Å². The number of rotatable bonds is 5. The second-order valence-corrected chi connectivity index (χ2v) is 8.60. The third-order valence-corrected chi connectivity index (χ3v) is 6.58. The first-order chi connectivity index (χ1) is 14.1. The van der Waals surface area contributed by atoms with Crippen molar-refractivity contribution in [3.63, 3.8) is 0 Å². The first kappa shape index (κ1) is 20.6. The Bertz CT molecular complexity index is 856. The van der Waals surface area contributed by atoms with Gasteiger partial charge in [-0.2, -0.15) is 0 Å². The summed E-state index contributed by atoms with van der Waals surface area (Å²) in [7, 11) is 0. The molecule has 0 saturated carbocycles. The summed E-state index contributed by atoms with van der Waals surface area (Å²) in [6, 6.07) is 15.6. The summed E-state index contributed by atoms with van der Waals surface area (Å²) in [5, 5.41) is 4.46. The van der Waals surface area contributed by atoms with Gasteiger partial charge in [0.2, 0.25) is 5.91 Å². The molecule has 2 unspecified atom stereocenters. The van der Waals surface area contributed by atoms with Gasteiger partial charge in [0.1, 0.15) is 0 Å². The number of ether oxygens (including phenoxy) is 1. The zero-order valence-electron chi connectivity index (χ0n) is 16.1. The van der Waals surface area contributed by atoms with Gasteiger partial charge in [-0.15, -0.1) is 0 Å². The van der Waals surface area contributed by atoms with Gasteiger partial charge in [-0.3, -0.25) is 10.2 Å². The van der Waals surface area contributed by atoms with E-state index in [0.29, 0.717) is 36.3 Å². The Hall–Kier alpha value is -1.63. The highest BCUT2D eigenvalue weighted by Gasteiger charge is 2.39. The highest BCUT2D eigenvalue weighted by molar-refractivity contribution is 6.35. The van der Waals surface area contributed by atoms with E-state index >= 15 is 0 Å². The van der Waals surface area contributed by atoms with Crippen molar-refractivity contribution in [3.05, 3.63) is 69.7 Å². The minimum absolute atomic E-state index is 0.0345. The predicted octanol–water partition coefficient (Wildman–Crippen LogP) is 3.62. The van der Waals surface area contributed by atoms with Crippen LogP contribution in [0.15, 0.2) is 48.5 Å². The Balaban J connectivity index is 1.51. The molecule has 2 aromatic carbocycles. The van der Waals surface area contributed by atoms with Crippen molar-refractivity contribution in [1.29, 1.82) is 0 Å². The molecule has 4 rings (SSSR count). The van der Waals surface area contributed by atoms with Crippen LogP contribution in [-0.4, -0.2) is 32.2 Å². The quantitative estimate of drug-likeness (QED) is 0.673. The minimum Gasteiger partial charge on any atom is -0.381 e. The molecular formula is C22H25Cl2N3O2. The minimum atomic E-state index is -0.253. The maximum Gasteiger partial charge on any atom is 0.226 e. The summed E-state index contributed by atoms with van der Waals surface area (Å²) in [5.41, 5.74) is 8.23. The summed E-state index contributed by atoms with van der Waals surface area (Å²) < 4.78 is 5.59. The summed E-state index contributed by atoms with van der Waals surface area (Å²) >= 11 is 12.6. The number of amides is 1. The smallest absolute Gasteiger partial charge is 0.226 e. The second-order valence-electron chi connectivity index (χ2n) is 7.75. The van der Waals surface area contributed by atoms with Crippen molar-refractivity contribution < 1.29 is 9.53 Å². The van der Waals surface area contributed by atoms with Gasteiger partial charge in [-0.1, -0.05) is 59.6 Å². The van der Waals surface area contributed by atoms with E-state index in [1.54, 1.807) is 6.07 Å². The lowest BCUT2D eigenvalue weighted by Gasteiger charge is -2.39. The SMILES string of the molecule is O=C(NCC1(c2ccc(Cl)cc2Cl)CCOCC1)C1CNNC1c1ccccc1.